The van der Waals surface area contributed by atoms with Gasteiger partial charge in [-0.1, -0.05) is 6.92 Å². The number of anilines is 1. The van der Waals surface area contributed by atoms with Crippen molar-refractivity contribution < 1.29 is 8.78 Å². The van der Waals surface area contributed by atoms with Crippen LogP contribution in [0, 0.1) is 17.6 Å². The molecule has 0 saturated carbocycles. The lowest BCUT2D eigenvalue weighted by Crippen LogP contribution is -2.22. The maximum Gasteiger partial charge on any atom is 0.146 e. The highest BCUT2D eigenvalue weighted by Crippen LogP contribution is 2.29. The molecule has 2 rings (SSSR count). The van der Waals surface area contributed by atoms with Crippen LogP contribution in [0.2, 0.25) is 0 Å². The fourth-order valence-corrected chi connectivity index (χ4v) is 1.68. The molecule has 0 bridgehead atoms. The van der Waals surface area contributed by atoms with Gasteiger partial charge >= 0.3 is 0 Å². The summed E-state index contributed by atoms with van der Waals surface area (Å²) in [5, 5.41) is 2.91. The van der Waals surface area contributed by atoms with Gasteiger partial charge in [-0.15, -0.1) is 0 Å². The molecule has 1 aromatic rings. The standard InChI is InChI=1S/C10H11F2N/c1-6-4-7-8(11)2-3-9(12)10(7)13-5-6/h2-3,6,13H,4-5H2,1H3. The van der Waals surface area contributed by atoms with Gasteiger partial charge in [-0.25, -0.2) is 8.78 Å². The van der Waals surface area contributed by atoms with Crippen molar-refractivity contribution in [3.05, 3.63) is 29.3 Å². The number of hydrogen-bond acceptors (Lipinski definition) is 1. The lowest BCUT2D eigenvalue weighted by molar-refractivity contribution is 0.530. The Labute approximate surface area is 75.8 Å². The molecular formula is C10H11F2N. The van der Waals surface area contributed by atoms with Crippen LogP contribution in [-0.2, 0) is 6.42 Å². The van der Waals surface area contributed by atoms with Crippen LogP contribution in [0.25, 0.3) is 0 Å². The maximum absolute atomic E-state index is 13.2. The SMILES string of the molecule is CC1CNc2c(F)ccc(F)c2C1. The lowest BCUT2D eigenvalue weighted by Gasteiger charge is -2.23. The summed E-state index contributed by atoms with van der Waals surface area (Å²) in [4.78, 5) is 0. The average Bonchev–Trinajstić information content (AvgIpc) is 2.12. The van der Waals surface area contributed by atoms with Crippen molar-refractivity contribution in [1.82, 2.24) is 0 Å². The van der Waals surface area contributed by atoms with Gasteiger partial charge in [0.1, 0.15) is 11.6 Å². The first-order chi connectivity index (χ1) is 6.18. The Bertz CT molecular complexity index is 336. The molecule has 1 aliphatic rings. The first-order valence-corrected chi connectivity index (χ1v) is 4.39. The normalized spacial score (nSPS) is 20.7. The molecule has 1 unspecified atom stereocenters. The second-order valence-electron chi connectivity index (χ2n) is 3.57. The number of benzene rings is 1. The predicted octanol–water partition coefficient (Wildman–Crippen LogP) is 2.57. The van der Waals surface area contributed by atoms with Crippen LogP contribution < -0.4 is 5.32 Å². The number of halogens is 2. The molecule has 0 aliphatic carbocycles. The van der Waals surface area contributed by atoms with Gasteiger partial charge in [0.2, 0.25) is 0 Å². The molecule has 70 valence electrons. The van der Waals surface area contributed by atoms with Gasteiger partial charge in [0.25, 0.3) is 0 Å². The monoisotopic (exact) mass is 183 g/mol. The molecule has 1 heterocycles. The molecule has 3 heteroatoms. The fourth-order valence-electron chi connectivity index (χ4n) is 1.68. The Morgan fingerprint density at radius 2 is 2.00 bits per heavy atom. The van der Waals surface area contributed by atoms with Crippen molar-refractivity contribution in [2.45, 2.75) is 13.3 Å². The minimum Gasteiger partial charge on any atom is -0.382 e. The smallest absolute Gasteiger partial charge is 0.146 e. The molecule has 0 fully saturated rings. The minimum absolute atomic E-state index is 0.310. The number of nitrogens with one attached hydrogen (secondary N) is 1. The van der Waals surface area contributed by atoms with Crippen molar-refractivity contribution in [3.63, 3.8) is 0 Å². The fraction of sp³-hybridized carbons (Fsp3) is 0.400. The van der Waals surface area contributed by atoms with E-state index in [0.29, 0.717) is 30.1 Å². The molecule has 13 heavy (non-hydrogen) atoms. The van der Waals surface area contributed by atoms with E-state index in [-0.39, 0.29) is 11.6 Å². The molecule has 0 aromatic heterocycles. The third kappa shape index (κ3) is 1.39. The molecular weight excluding hydrogens is 172 g/mol. The zero-order valence-electron chi connectivity index (χ0n) is 7.40. The van der Waals surface area contributed by atoms with E-state index in [9.17, 15) is 8.78 Å². The zero-order chi connectivity index (χ0) is 9.42. The summed E-state index contributed by atoms with van der Waals surface area (Å²) >= 11 is 0. The van der Waals surface area contributed by atoms with Crippen LogP contribution in [0.3, 0.4) is 0 Å². The summed E-state index contributed by atoms with van der Waals surface area (Å²) in [6.45, 7) is 2.73. The third-order valence-corrected chi connectivity index (χ3v) is 2.38. The largest absolute Gasteiger partial charge is 0.382 e. The van der Waals surface area contributed by atoms with E-state index in [4.69, 9.17) is 0 Å². The average molecular weight is 183 g/mol. The van der Waals surface area contributed by atoms with Gasteiger partial charge in [0.05, 0.1) is 5.69 Å². The quantitative estimate of drug-likeness (QED) is 0.651. The highest BCUT2D eigenvalue weighted by molar-refractivity contribution is 5.55. The molecule has 0 saturated heterocycles. The summed E-state index contributed by atoms with van der Waals surface area (Å²) in [5.41, 5.74) is 0.830. The van der Waals surface area contributed by atoms with E-state index in [1.807, 2.05) is 6.92 Å². The summed E-state index contributed by atoms with van der Waals surface area (Å²) in [6.07, 6.45) is 0.617. The second-order valence-corrected chi connectivity index (χ2v) is 3.57. The first kappa shape index (κ1) is 8.48. The van der Waals surface area contributed by atoms with E-state index in [1.54, 1.807) is 0 Å². The van der Waals surface area contributed by atoms with Crippen molar-refractivity contribution in [1.29, 1.82) is 0 Å². The van der Waals surface area contributed by atoms with E-state index in [1.165, 1.54) is 6.07 Å². The second kappa shape index (κ2) is 2.98. The Hall–Kier alpha value is -1.12. The molecule has 1 nitrogen and oxygen atoms in total. The van der Waals surface area contributed by atoms with Gasteiger partial charge < -0.3 is 5.32 Å². The Morgan fingerprint density at radius 1 is 1.31 bits per heavy atom. The maximum atomic E-state index is 13.2. The van der Waals surface area contributed by atoms with Gasteiger partial charge in [-0.05, 0) is 24.5 Å². The van der Waals surface area contributed by atoms with E-state index in [2.05, 4.69) is 5.32 Å². The predicted molar refractivity (Wildman–Crippen MR) is 47.7 cm³/mol. The lowest BCUT2D eigenvalue weighted by atomic mass is 9.95. The third-order valence-electron chi connectivity index (χ3n) is 2.38. The highest BCUT2D eigenvalue weighted by Gasteiger charge is 2.20. The zero-order valence-corrected chi connectivity index (χ0v) is 7.40. The molecule has 0 spiro atoms. The summed E-state index contributed by atoms with van der Waals surface area (Å²) in [5.74, 6) is -0.303. The van der Waals surface area contributed by atoms with E-state index < -0.39 is 0 Å². The minimum atomic E-state index is -0.358. The van der Waals surface area contributed by atoms with Crippen molar-refractivity contribution in [3.8, 4) is 0 Å². The van der Waals surface area contributed by atoms with Gasteiger partial charge in [-0.2, -0.15) is 0 Å². The Kier molecular flexibility index (Phi) is 1.94. The Balaban J connectivity index is 2.51. The first-order valence-electron chi connectivity index (χ1n) is 4.39. The summed E-state index contributed by atoms with van der Waals surface area (Å²) in [7, 11) is 0. The highest BCUT2D eigenvalue weighted by atomic mass is 19.1. The van der Waals surface area contributed by atoms with Crippen LogP contribution in [-0.4, -0.2) is 6.54 Å². The number of hydrogen-bond donors (Lipinski definition) is 1. The summed E-state index contributed by atoms with van der Waals surface area (Å²) < 4.78 is 26.4. The van der Waals surface area contributed by atoms with E-state index in [0.717, 1.165) is 6.07 Å². The molecule has 1 atom stereocenters. The van der Waals surface area contributed by atoms with E-state index >= 15 is 0 Å². The van der Waals surface area contributed by atoms with Crippen molar-refractivity contribution in [2.75, 3.05) is 11.9 Å². The van der Waals surface area contributed by atoms with Gasteiger partial charge in [0.15, 0.2) is 0 Å². The molecule has 1 N–H and O–H groups in total. The van der Waals surface area contributed by atoms with Crippen LogP contribution in [0.15, 0.2) is 12.1 Å². The number of rotatable bonds is 0. The van der Waals surface area contributed by atoms with Crippen LogP contribution in [0.4, 0.5) is 14.5 Å². The van der Waals surface area contributed by atoms with Crippen LogP contribution in [0.5, 0.6) is 0 Å². The molecule has 1 aromatic carbocycles. The summed E-state index contributed by atoms with van der Waals surface area (Å²) in [6, 6.07) is 2.35. The van der Waals surface area contributed by atoms with Gasteiger partial charge in [-0.3, -0.25) is 0 Å². The van der Waals surface area contributed by atoms with Crippen LogP contribution >= 0.6 is 0 Å². The van der Waals surface area contributed by atoms with Crippen molar-refractivity contribution >= 4 is 5.69 Å². The van der Waals surface area contributed by atoms with Crippen molar-refractivity contribution in [2.24, 2.45) is 5.92 Å². The molecule has 1 aliphatic heterocycles. The van der Waals surface area contributed by atoms with Crippen LogP contribution in [0.1, 0.15) is 12.5 Å². The molecule has 0 radical (unpaired) electrons. The Morgan fingerprint density at radius 3 is 2.77 bits per heavy atom. The van der Waals surface area contributed by atoms with Gasteiger partial charge in [0, 0.05) is 12.1 Å². The number of fused-ring (bicyclic) bond motifs is 1. The topological polar surface area (TPSA) is 12.0 Å². The molecule has 0 amide bonds.